The molecule has 0 unspecified atom stereocenters. The highest BCUT2D eigenvalue weighted by Crippen LogP contribution is 2.28. The average molecular weight is 404 g/mol. The summed E-state index contributed by atoms with van der Waals surface area (Å²) in [5.41, 5.74) is 7.24. The maximum atomic E-state index is 12.1. The predicted octanol–water partition coefficient (Wildman–Crippen LogP) is 4.70. The van der Waals surface area contributed by atoms with Crippen molar-refractivity contribution in [2.45, 2.75) is 0 Å². The number of anilines is 2. The molecule has 3 nitrogen and oxygen atoms in total. The van der Waals surface area contributed by atoms with Gasteiger partial charge in [-0.3, -0.25) is 4.79 Å². The van der Waals surface area contributed by atoms with Gasteiger partial charge in [-0.2, -0.15) is 0 Å². The van der Waals surface area contributed by atoms with Crippen molar-refractivity contribution in [1.29, 1.82) is 0 Å². The number of hydrogen-bond acceptors (Lipinski definition) is 2. The van der Waals surface area contributed by atoms with Crippen LogP contribution in [0, 0.1) is 0 Å². The van der Waals surface area contributed by atoms with Crippen molar-refractivity contribution in [3.8, 4) is 0 Å². The number of nitrogens with two attached hydrogens (primary N) is 1. The summed E-state index contributed by atoms with van der Waals surface area (Å²) in [6.45, 7) is 0. The van der Waals surface area contributed by atoms with Gasteiger partial charge in [-0.25, -0.2) is 0 Å². The lowest BCUT2D eigenvalue weighted by molar-refractivity contribution is 0.102. The summed E-state index contributed by atoms with van der Waals surface area (Å²) in [5, 5.41) is 3.10. The molecular weight excluding hydrogens is 395 g/mol. The van der Waals surface area contributed by atoms with E-state index in [0.717, 1.165) is 4.47 Å². The van der Waals surface area contributed by atoms with Gasteiger partial charge < -0.3 is 11.1 Å². The minimum Gasteiger partial charge on any atom is -0.397 e. The summed E-state index contributed by atoms with van der Waals surface area (Å²) in [5.74, 6) is -0.305. The maximum Gasteiger partial charge on any atom is 0.257 e. The van der Waals surface area contributed by atoms with Crippen molar-refractivity contribution < 1.29 is 4.79 Å². The first-order valence-electron chi connectivity index (χ1n) is 5.29. The highest BCUT2D eigenvalue weighted by molar-refractivity contribution is 9.10. The van der Waals surface area contributed by atoms with Gasteiger partial charge in [-0.05, 0) is 46.3 Å². The predicted molar refractivity (Wildman–Crippen MR) is 85.7 cm³/mol. The lowest BCUT2D eigenvalue weighted by Crippen LogP contribution is -2.13. The van der Waals surface area contributed by atoms with Crippen LogP contribution in [0.4, 0.5) is 11.4 Å². The zero-order chi connectivity index (χ0) is 14.0. The van der Waals surface area contributed by atoms with Crippen LogP contribution in [0.15, 0.2) is 45.3 Å². The number of hydrogen-bond donors (Lipinski definition) is 2. The molecule has 0 fully saturated rings. The molecule has 0 heterocycles. The maximum absolute atomic E-state index is 12.1. The van der Waals surface area contributed by atoms with Gasteiger partial charge in [0.2, 0.25) is 0 Å². The fourth-order valence-corrected chi connectivity index (χ4v) is 2.47. The summed E-state index contributed by atoms with van der Waals surface area (Å²) in [4.78, 5) is 12.1. The Kier molecular flexibility index (Phi) is 4.50. The van der Waals surface area contributed by atoms with E-state index in [0.29, 0.717) is 26.4 Å². The molecule has 0 aliphatic rings. The fraction of sp³-hybridized carbons (Fsp3) is 0. The molecule has 0 aliphatic heterocycles. The molecule has 0 spiro atoms. The standard InChI is InChI=1S/C13H9Br2ClN2O/c14-7-4-5-11(10(17)6-7)18-13(19)8-2-1-3-9(15)12(8)16/h1-6H,17H2,(H,18,19). The van der Waals surface area contributed by atoms with Gasteiger partial charge in [-0.1, -0.05) is 33.6 Å². The van der Waals surface area contributed by atoms with Crippen molar-refractivity contribution in [2.24, 2.45) is 0 Å². The lowest BCUT2D eigenvalue weighted by Gasteiger charge is -2.10. The van der Waals surface area contributed by atoms with E-state index < -0.39 is 0 Å². The van der Waals surface area contributed by atoms with E-state index in [2.05, 4.69) is 37.2 Å². The summed E-state index contributed by atoms with van der Waals surface area (Å²) < 4.78 is 1.52. The van der Waals surface area contributed by atoms with Crippen molar-refractivity contribution in [3.05, 3.63) is 55.9 Å². The molecule has 19 heavy (non-hydrogen) atoms. The van der Waals surface area contributed by atoms with Gasteiger partial charge in [0.15, 0.2) is 0 Å². The van der Waals surface area contributed by atoms with E-state index in [1.807, 2.05) is 0 Å². The van der Waals surface area contributed by atoms with Crippen LogP contribution >= 0.6 is 43.5 Å². The zero-order valence-electron chi connectivity index (χ0n) is 9.58. The van der Waals surface area contributed by atoms with Crippen LogP contribution in [0.1, 0.15) is 10.4 Å². The number of nitrogens with one attached hydrogen (secondary N) is 1. The van der Waals surface area contributed by atoms with Crippen molar-refractivity contribution in [1.82, 2.24) is 0 Å². The molecule has 1 amide bonds. The van der Waals surface area contributed by atoms with Crippen molar-refractivity contribution in [3.63, 3.8) is 0 Å². The molecule has 3 N–H and O–H groups in total. The second-order valence-corrected chi connectivity index (χ2v) is 5.94. The van der Waals surface area contributed by atoms with Crippen LogP contribution in [0.3, 0.4) is 0 Å². The monoisotopic (exact) mass is 402 g/mol. The molecule has 0 saturated heterocycles. The number of rotatable bonds is 2. The minimum atomic E-state index is -0.305. The molecule has 2 aromatic rings. The number of carbonyl (C=O) groups is 1. The highest BCUT2D eigenvalue weighted by atomic mass is 79.9. The van der Waals surface area contributed by atoms with Gasteiger partial charge in [0.25, 0.3) is 5.91 Å². The zero-order valence-corrected chi connectivity index (χ0v) is 13.5. The minimum absolute atomic E-state index is 0.305. The van der Waals surface area contributed by atoms with E-state index in [1.165, 1.54) is 0 Å². The topological polar surface area (TPSA) is 55.1 Å². The number of nitrogen functional groups attached to an aromatic ring is 1. The normalized spacial score (nSPS) is 10.3. The van der Waals surface area contributed by atoms with Crippen LogP contribution in [0.5, 0.6) is 0 Å². The molecule has 6 heteroatoms. The van der Waals surface area contributed by atoms with Gasteiger partial charge >= 0.3 is 0 Å². The van der Waals surface area contributed by atoms with E-state index in [1.54, 1.807) is 36.4 Å². The lowest BCUT2D eigenvalue weighted by atomic mass is 10.2. The quantitative estimate of drug-likeness (QED) is 0.713. The number of halogens is 3. The van der Waals surface area contributed by atoms with Gasteiger partial charge in [0, 0.05) is 8.95 Å². The van der Waals surface area contributed by atoms with E-state index in [-0.39, 0.29) is 5.91 Å². The van der Waals surface area contributed by atoms with Crippen LogP contribution in [0.25, 0.3) is 0 Å². The van der Waals surface area contributed by atoms with Crippen LogP contribution in [-0.2, 0) is 0 Å². The Bertz CT molecular complexity index is 647. The van der Waals surface area contributed by atoms with Gasteiger partial charge in [0.1, 0.15) is 0 Å². The molecule has 0 radical (unpaired) electrons. The third-order valence-corrected chi connectivity index (χ3v) is 4.25. The number of benzene rings is 2. The van der Waals surface area contributed by atoms with E-state index >= 15 is 0 Å². The molecule has 98 valence electrons. The summed E-state index contributed by atoms with van der Waals surface area (Å²) in [6.07, 6.45) is 0. The van der Waals surface area contributed by atoms with Crippen molar-refractivity contribution in [2.75, 3.05) is 11.1 Å². The van der Waals surface area contributed by atoms with Crippen LogP contribution < -0.4 is 11.1 Å². The molecule has 2 aromatic carbocycles. The SMILES string of the molecule is Nc1cc(Br)ccc1NC(=O)c1cccc(Br)c1Cl. The number of amides is 1. The van der Waals surface area contributed by atoms with E-state index in [4.69, 9.17) is 17.3 Å². The number of carbonyl (C=O) groups excluding carboxylic acids is 1. The Hall–Kier alpha value is -1.04. The molecule has 0 saturated carbocycles. The van der Waals surface area contributed by atoms with Crippen LogP contribution in [0.2, 0.25) is 5.02 Å². The molecule has 0 aromatic heterocycles. The Morgan fingerprint density at radius 3 is 2.63 bits per heavy atom. The first kappa shape index (κ1) is 14.4. The van der Waals surface area contributed by atoms with Crippen molar-refractivity contribution >= 4 is 60.7 Å². The summed E-state index contributed by atoms with van der Waals surface area (Å²) in [6, 6.07) is 10.4. The van der Waals surface area contributed by atoms with Gasteiger partial charge in [-0.15, -0.1) is 0 Å². The Balaban J connectivity index is 2.28. The Labute approximate surface area is 132 Å². The molecule has 0 bridgehead atoms. The van der Waals surface area contributed by atoms with Crippen LogP contribution in [-0.4, -0.2) is 5.91 Å². The largest absolute Gasteiger partial charge is 0.397 e. The second kappa shape index (κ2) is 5.94. The second-order valence-electron chi connectivity index (χ2n) is 3.79. The van der Waals surface area contributed by atoms with E-state index in [9.17, 15) is 4.79 Å². The molecule has 0 aliphatic carbocycles. The summed E-state index contributed by atoms with van der Waals surface area (Å²) >= 11 is 12.7. The third kappa shape index (κ3) is 3.29. The molecular formula is C13H9Br2ClN2O. The molecule has 0 atom stereocenters. The Morgan fingerprint density at radius 1 is 1.21 bits per heavy atom. The summed E-state index contributed by atoms with van der Waals surface area (Å²) in [7, 11) is 0. The first-order valence-corrected chi connectivity index (χ1v) is 7.26. The molecule has 2 rings (SSSR count). The smallest absolute Gasteiger partial charge is 0.257 e. The van der Waals surface area contributed by atoms with Gasteiger partial charge in [0.05, 0.1) is 22.0 Å². The third-order valence-electron chi connectivity index (χ3n) is 2.46. The highest BCUT2D eigenvalue weighted by Gasteiger charge is 2.13. The Morgan fingerprint density at radius 2 is 1.95 bits per heavy atom. The fourth-order valence-electron chi connectivity index (χ4n) is 1.52. The first-order chi connectivity index (χ1) is 8.99. The average Bonchev–Trinajstić information content (AvgIpc) is 2.36.